The Bertz CT molecular complexity index is 374. The lowest BCUT2D eigenvalue weighted by molar-refractivity contribution is -0.126. The van der Waals surface area contributed by atoms with E-state index in [0.717, 1.165) is 6.42 Å². The number of halogens is 2. The number of thioether (sulfide) groups is 1. The zero-order valence-electron chi connectivity index (χ0n) is 14.0. The van der Waals surface area contributed by atoms with E-state index in [1.807, 2.05) is 37.7 Å². The van der Waals surface area contributed by atoms with Crippen LogP contribution in [-0.2, 0) is 16.0 Å². The molecule has 0 aromatic heterocycles. The predicted octanol–water partition coefficient (Wildman–Crippen LogP) is 6.27. The molecule has 0 radical (unpaired) electrons. The van der Waals surface area contributed by atoms with Crippen molar-refractivity contribution in [2.45, 2.75) is 46.0 Å². The highest BCUT2D eigenvalue weighted by Gasteiger charge is 1.99. The summed E-state index contributed by atoms with van der Waals surface area (Å²) in [6.45, 7) is 4.38. The maximum Gasteiger partial charge on any atom is 0.292 e. The summed E-state index contributed by atoms with van der Waals surface area (Å²) in [4.78, 5) is 8.95. The minimum absolute atomic E-state index is 0.375. The van der Waals surface area contributed by atoms with Crippen LogP contribution in [0, 0.1) is 0 Å². The molecular weight excluding hydrogens is 339 g/mol. The number of unbranched alkanes of at least 4 members (excludes halogenated alkanes) is 3. The van der Waals surface area contributed by atoms with Crippen molar-refractivity contribution in [1.29, 1.82) is 0 Å². The smallest absolute Gasteiger partial charge is 0.292 e. The Labute approximate surface area is 149 Å². The first kappa shape index (κ1) is 23.9. The molecule has 0 spiro atoms. The second-order valence-electron chi connectivity index (χ2n) is 4.24. The molecule has 1 aromatic carbocycles. The Morgan fingerprint density at radius 1 is 1.09 bits per heavy atom. The molecule has 0 amide bonds. The number of hydrogen-bond donors (Lipinski definition) is 0. The quantitative estimate of drug-likeness (QED) is 0.400. The van der Waals surface area contributed by atoms with Gasteiger partial charge in [0, 0.05) is 0 Å². The molecule has 0 saturated heterocycles. The fraction of sp³-hybridized carbons (Fsp3) is 0.588. The minimum atomic E-state index is 0.375. The van der Waals surface area contributed by atoms with Gasteiger partial charge >= 0.3 is 0 Å². The maximum absolute atomic E-state index is 8.95. The number of rotatable bonds is 8. The molecule has 22 heavy (non-hydrogen) atoms. The van der Waals surface area contributed by atoms with Gasteiger partial charge < -0.3 is 4.74 Å². The molecule has 0 N–H and O–H groups in total. The van der Waals surface area contributed by atoms with E-state index in [0.29, 0.717) is 16.5 Å². The number of aryl methyl sites for hydroxylation is 1. The highest BCUT2D eigenvalue weighted by Crippen LogP contribution is 2.23. The van der Waals surface area contributed by atoms with E-state index in [2.05, 4.69) is 17.1 Å². The lowest BCUT2D eigenvalue weighted by Crippen LogP contribution is -1.87. The molecule has 5 heteroatoms. The lowest BCUT2D eigenvalue weighted by atomic mass is 10.1. The molecule has 0 aliphatic rings. The van der Waals surface area contributed by atoms with Crippen molar-refractivity contribution < 1.29 is 9.53 Å². The van der Waals surface area contributed by atoms with Crippen molar-refractivity contribution in [3.8, 4) is 0 Å². The molecule has 0 bridgehead atoms. The van der Waals surface area contributed by atoms with E-state index in [-0.39, 0.29) is 0 Å². The lowest BCUT2D eigenvalue weighted by Gasteiger charge is -2.03. The third kappa shape index (κ3) is 14.6. The van der Waals surface area contributed by atoms with Crippen LogP contribution >= 0.6 is 35.0 Å². The Balaban J connectivity index is 0. The van der Waals surface area contributed by atoms with Gasteiger partial charge in [0.2, 0.25) is 0 Å². The topological polar surface area (TPSA) is 26.3 Å². The number of methoxy groups -OCH3 is 1. The first-order valence-corrected chi connectivity index (χ1v) is 9.70. The van der Waals surface area contributed by atoms with Gasteiger partial charge in [0.05, 0.1) is 17.2 Å². The van der Waals surface area contributed by atoms with Gasteiger partial charge in [-0.2, -0.15) is 11.8 Å². The monoisotopic (exact) mass is 366 g/mol. The van der Waals surface area contributed by atoms with Crippen molar-refractivity contribution in [1.82, 2.24) is 0 Å². The van der Waals surface area contributed by atoms with Gasteiger partial charge in [0.1, 0.15) is 0 Å². The molecular formula is C17H28Cl2O2S. The van der Waals surface area contributed by atoms with E-state index in [9.17, 15) is 0 Å². The highest BCUT2D eigenvalue weighted by atomic mass is 35.5. The SMILES string of the molecule is CC.COC=O.CSCCCCCCc1ccc(Cl)c(Cl)c1. The van der Waals surface area contributed by atoms with Crippen LogP contribution in [0.2, 0.25) is 10.0 Å². The van der Waals surface area contributed by atoms with Crippen molar-refractivity contribution >= 4 is 41.4 Å². The van der Waals surface area contributed by atoms with E-state index in [1.54, 1.807) is 0 Å². The van der Waals surface area contributed by atoms with Gasteiger partial charge in [-0.1, -0.05) is 56.0 Å². The van der Waals surface area contributed by atoms with E-state index < -0.39 is 0 Å². The highest BCUT2D eigenvalue weighted by molar-refractivity contribution is 7.98. The Hall–Kier alpha value is -0.380. The molecule has 2 nitrogen and oxygen atoms in total. The predicted molar refractivity (Wildman–Crippen MR) is 101 cm³/mol. The largest absolute Gasteiger partial charge is 0.471 e. The van der Waals surface area contributed by atoms with Crippen LogP contribution in [0.15, 0.2) is 18.2 Å². The molecule has 128 valence electrons. The fourth-order valence-electron chi connectivity index (χ4n) is 1.62. The molecule has 0 unspecified atom stereocenters. The van der Waals surface area contributed by atoms with Crippen LogP contribution in [0.1, 0.15) is 45.1 Å². The second-order valence-corrected chi connectivity index (χ2v) is 6.04. The number of carbonyl (C=O) groups is 1. The van der Waals surface area contributed by atoms with Crippen molar-refractivity contribution in [3.05, 3.63) is 33.8 Å². The summed E-state index contributed by atoms with van der Waals surface area (Å²) >= 11 is 13.8. The van der Waals surface area contributed by atoms with Crippen molar-refractivity contribution in [2.75, 3.05) is 19.1 Å². The fourth-order valence-corrected chi connectivity index (χ4v) is 2.44. The number of benzene rings is 1. The summed E-state index contributed by atoms with van der Waals surface area (Å²) in [6.07, 6.45) is 8.49. The van der Waals surface area contributed by atoms with E-state index in [4.69, 9.17) is 28.0 Å². The maximum atomic E-state index is 8.95. The summed E-state index contributed by atoms with van der Waals surface area (Å²) in [5.74, 6) is 1.28. The summed E-state index contributed by atoms with van der Waals surface area (Å²) in [5.41, 5.74) is 1.29. The average molecular weight is 367 g/mol. The van der Waals surface area contributed by atoms with E-state index >= 15 is 0 Å². The van der Waals surface area contributed by atoms with Gasteiger partial charge in [-0.25, -0.2) is 0 Å². The Kier molecular flexibility index (Phi) is 20.3. The average Bonchev–Trinajstić information content (AvgIpc) is 2.56. The zero-order valence-corrected chi connectivity index (χ0v) is 16.4. The van der Waals surface area contributed by atoms with Crippen molar-refractivity contribution in [3.63, 3.8) is 0 Å². The van der Waals surface area contributed by atoms with Gasteiger partial charge in [-0.15, -0.1) is 0 Å². The number of hydrogen-bond acceptors (Lipinski definition) is 3. The van der Waals surface area contributed by atoms with E-state index in [1.165, 1.54) is 44.1 Å². The Morgan fingerprint density at radius 2 is 1.68 bits per heavy atom. The first-order valence-electron chi connectivity index (χ1n) is 7.55. The van der Waals surface area contributed by atoms with Gasteiger partial charge in [0.25, 0.3) is 6.47 Å². The normalized spacial score (nSPS) is 9.00. The summed E-state index contributed by atoms with van der Waals surface area (Å²) in [7, 11) is 1.31. The molecule has 0 heterocycles. The number of carbonyl (C=O) groups excluding carboxylic acids is 1. The summed E-state index contributed by atoms with van der Waals surface area (Å²) in [5, 5.41) is 1.31. The van der Waals surface area contributed by atoms with Crippen molar-refractivity contribution in [2.24, 2.45) is 0 Å². The van der Waals surface area contributed by atoms with Crippen LogP contribution in [0.5, 0.6) is 0 Å². The van der Waals surface area contributed by atoms with Crippen LogP contribution in [-0.4, -0.2) is 25.6 Å². The summed E-state index contributed by atoms with van der Waals surface area (Å²) < 4.78 is 3.86. The summed E-state index contributed by atoms with van der Waals surface area (Å²) in [6, 6.07) is 5.93. The van der Waals surface area contributed by atoms with Gasteiger partial charge in [-0.05, 0) is 49.0 Å². The Morgan fingerprint density at radius 3 is 2.18 bits per heavy atom. The van der Waals surface area contributed by atoms with Gasteiger partial charge in [-0.3, -0.25) is 4.79 Å². The molecule has 0 aliphatic carbocycles. The van der Waals surface area contributed by atoms with Crippen LogP contribution in [0.4, 0.5) is 0 Å². The molecule has 1 rings (SSSR count). The van der Waals surface area contributed by atoms with Crippen LogP contribution in [0.3, 0.4) is 0 Å². The van der Waals surface area contributed by atoms with Crippen LogP contribution < -0.4 is 0 Å². The first-order chi connectivity index (χ1) is 10.7. The van der Waals surface area contributed by atoms with Crippen LogP contribution in [0.25, 0.3) is 0 Å². The third-order valence-electron chi connectivity index (χ3n) is 2.64. The zero-order chi connectivity index (χ0) is 17.2. The minimum Gasteiger partial charge on any atom is -0.471 e. The molecule has 0 aliphatic heterocycles. The molecule has 0 fully saturated rings. The number of ether oxygens (including phenoxy) is 1. The molecule has 0 atom stereocenters. The standard InChI is InChI=1S/C13H18Cl2S.C2H4O2.C2H6/c1-16-9-5-3-2-4-6-11-7-8-12(14)13(15)10-11;1-4-2-3;1-2/h7-8,10H,2-6,9H2,1H3;2H,1H3;1-2H3. The third-order valence-corrected chi connectivity index (χ3v) is 4.08. The molecule has 0 saturated carbocycles. The van der Waals surface area contributed by atoms with Gasteiger partial charge in [0.15, 0.2) is 0 Å². The second kappa shape index (κ2) is 18.7. The molecule has 1 aromatic rings.